The van der Waals surface area contributed by atoms with Crippen molar-refractivity contribution in [2.45, 2.75) is 29.1 Å². The second-order valence-electron chi connectivity index (χ2n) is 5.38. The number of rotatable bonds is 4. The fraction of sp³-hybridized carbons (Fsp3) is 0.211. The molecule has 2 nitrogen and oxygen atoms in total. The first kappa shape index (κ1) is 14.9. The lowest BCUT2D eigenvalue weighted by atomic mass is 9.93. The zero-order chi connectivity index (χ0) is 15.2. The molecule has 3 heteroatoms. The van der Waals surface area contributed by atoms with Crippen LogP contribution < -0.4 is 5.32 Å². The van der Waals surface area contributed by atoms with Gasteiger partial charge in [0.15, 0.2) is 0 Å². The number of carbonyl (C=O) groups is 1. The van der Waals surface area contributed by atoms with Crippen molar-refractivity contribution in [3.05, 3.63) is 66.7 Å². The number of hydrogen-bond donors (Lipinski definition) is 1. The summed E-state index contributed by atoms with van der Waals surface area (Å²) in [4.78, 5) is 14.7. The van der Waals surface area contributed by atoms with Crippen molar-refractivity contribution < 1.29 is 4.79 Å². The fourth-order valence-electron chi connectivity index (χ4n) is 2.54. The summed E-state index contributed by atoms with van der Waals surface area (Å²) in [6.07, 6.45) is 7.05. The van der Waals surface area contributed by atoms with Gasteiger partial charge in [-0.1, -0.05) is 54.2 Å². The lowest BCUT2D eigenvalue weighted by molar-refractivity contribution is -0.120. The summed E-state index contributed by atoms with van der Waals surface area (Å²) in [6.45, 7) is 0. The van der Waals surface area contributed by atoms with Crippen molar-refractivity contribution in [3.8, 4) is 0 Å². The molecule has 112 valence electrons. The molecule has 0 aliphatic heterocycles. The number of nitrogens with one attached hydrogen (secondary N) is 1. The van der Waals surface area contributed by atoms with Crippen molar-refractivity contribution in [3.63, 3.8) is 0 Å². The molecule has 0 bridgehead atoms. The molecule has 0 saturated heterocycles. The van der Waals surface area contributed by atoms with Gasteiger partial charge in [0.25, 0.3) is 0 Å². The smallest absolute Gasteiger partial charge is 0.227 e. The first-order chi connectivity index (χ1) is 10.8. The van der Waals surface area contributed by atoms with E-state index >= 15 is 0 Å². The van der Waals surface area contributed by atoms with Crippen molar-refractivity contribution in [2.75, 3.05) is 5.32 Å². The van der Waals surface area contributed by atoms with Gasteiger partial charge in [-0.25, -0.2) is 0 Å². The van der Waals surface area contributed by atoms with Crippen LogP contribution in [0.5, 0.6) is 0 Å². The molecular formula is C19H19NOS. The molecule has 3 rings (SSSR count). The van der Waals surface area contributed by atoms with Crippen molar-refractivity contribution in [1.29, 1.82) is 0 Å². The summed E-state index contributed by atoms with van der Waals surface area (Å²) in [6, 6.07) is 18.2. The van der Waals surface area contributed by atoms with Crippen LogP contribution in [-0.2, 0) is 4.79 Å². The van der Waals surface area contributed by atoms with Crippen LogP contribution >= 0.6 is 11.8 Å². The third-order valence-electron chi connectivity index (χ3n) is 3.76. The molecule has 2 aromatic carbocycles. The Kier molecular flexibility index (Phi) is 4.96. The molecule has 0 spiro atoms. The molecule has 1 aliphatic carbocycles. The van der Waals surface area contributed by atoms with Gasteiger partial charge in [-0.3, -0.25) is 4.79 Å². The number of benzene rings is 2. The Morgan fingerprint density at radius 3 is 2.55 bits per heavy atom. The van der Waals surface area contributed by atoms with Crippen LogP contribution in [0.25, 0.3) is 0 Å². The monoisotopic (exact) mass is 309 g/mol. The van der Waals surface area contributed by atoms with E-state index in [0.29, 0.717) is 0 Å². The Morgan fingerprint density at radius 1 is 1.00 bits per heavy atom. The molecule has 22 heavy (non-hydrogen) atoms. The van der Waals surface area contributed by atoms with E-state index in [1.165, 1.54) is 4.90 Å². The second-order valence-corrected chi connectivity index (χ2v) is 6.50. The van der Waals surface area contributed by atoms with Gasteiger partial charge in [-0.15, -0.1) is 0 Å². The lowest BCUT2D eigenvalue weighted by Crippen LogP contribution is -2.23. The Labute approximate surface area is 135 Å². The van der Waals surface area contributed by atoms with E-state index in [2.05, 4.69) is 29.6 Å². The van der Waals surface area contributed by atoms with Crippen LogP contribution in [0, 0.1) is 5.92 Å². The van der Waals surface area contributed by atoms with E-state index < -0.39 is 0 Å². The molecule has 0 radical (unpaired) electrons. The third kappa shape index (κ3) is 3.80. The maximum absolute atomic E-state index is 12.4. The van der Waals surface area contributed by atoms with Crippen molar-refractivity contribution in [2.24, 2.45) is 5.92 Å². The van der Waals surface area contributed by atoms with Gasteiger partial charge < -0.3 is 5.32 Å². The first-order valence-corrected chi connectivity index (χ1v) is 8.42. The number of hydrogen-bond acceptors (Lipinski definition) is 2. The fourth-order valence-corrected chi connectivity index (χ4v) is 3.46. The quantitative estimate of drug-likeness (QED) is 0.793. The SMILES string of the molecule is O=C(Nc1ccccc1Sc1ccccc1)[C@H]1CC=CCC1. The highest BCUT2D eigenvalue weighted by atomic mass is 32.2. The average Bonchev–Trinajstić information content (AvgIpc) is 2.58. The van der Waals surface area contributed by atoms with Gasteiger partial charge in [0.1, 0.15) is 0 Å². The highest BCUT2D eigenvalue weighted by Gasteiger charge is 2.19. The van der Waals surface area contributed by atoms with Gasteiger partial charge in [-0.2, -0.15) is 0 Å². The number of amides is 1. The average molecular weight is 309 g/mol. The normalized spacial score (nSPS) is 17.2. The van der Waals surface area contributed by atoms with E-state index in [9.17, 15) is 4.79 Å². The lowest BCUT2D eigenvalue weighted by Gasteiger charge is -2.18. The minimum absolute atomic E-state index is 0.0970. The summed E-state index contributed by atoms with van der Waals surface area (Å²) >= 11 is 1.67. The first-order valence-electron chi connectivity index (χ1n) is 7.61. The van der Waals surface area contributed by atoms with Crippen LogP contribution in [0.3, 0.4) is 0 Å². The molecule has 0 fully saturated rings. The molecule has 1 amide bonds. The van der Waals surface area contributed by atoms with Crippen LogP contribution in [0.4, 0.5) is 5.69 Å². The molecule has 0 aromatic heterocycles. The Balaban J connectivity index is 1.73. The van der Waals surface area contributed by atoms with Crippen molar-refractivity contribution >= 4 is 23.4 Å². The zero-order valence-corrected chi connectivity index (χ0v) is 13.2. The molecule has 0 heterocycles. The van der Waals surface area contributed by atoms with Gasteiger partial charge in [0.2, 0.25) is 5.91 Å². The van der Waals surface area contributed by atoms with Gasteiger partial charge >= 0.3 is 0 Å². The highest BCUT2D eigenvalue weighted by Crippen LogP contribution is 2.33. The summed E-state index contributed by atoms with van der Waals surface area (Å²) < 4.78 is 0. The predicted octanol–water partition coefficient (Wildman–Crippen LogP) is 5.13. The zero-order valence-electron chi connectivity index (χ0n) is 12.4. The summed E-state index contributed by atoms with van der Waals surface area (Å²) in [7, 11) is 0. The molecule has 1 aliphatic rings. The minimum Gasteiger partial charge on any atom is -0.325 e. The van der Waals surface area contributed by atoms with Gasteiger partial charge in [0.05, 0.1) is 5.69 Å². The molecule has 0 saturated carbocycles. The topological polar surface area (TPSA) is 29.1 Å². The summed E-state index contributed by atoms with van der Waals surface area (Å²) in [5.41, 5.74) is 0.899. The van der Waals surface area contributed by atoms with E-state index in [-0.39, 0.29) is 11.8 Å². The van der Waals surface area contributed by atoms with Gasteiger partial charge in [-0.05, 0) is 43.5 Å². The summed E-state index contributed by atoms with van der Waals surface area (Å²) in [5, 5.41) is 3.11. The highest BCUT2D eigenvalue weighted by molar-refractivity contribution is 7.99. The van der Waals surface area contributed by atoms with E-state index in [0.717, 1.165) is 29.8 Å². The minimum atomic E-state index is 0.0970. The Morgan fingerprint density at radius 2 is 1.77 bits per heavy atom. The van der Waals surface area contributed by atoms with E-state index in [4.69, 9.17) is 0 Å². The maximum atomic E-state index is 12.4. The second kappa shape index (κ2) is 7.32. The van der Waals surface area contributed by atoms with E-state index in [1.807, 2.05) is 42.5 Å². The number of anilines is 1. The molecule has 2 aromatic rings. The third-order valence-corrected chi connectivity index (χ3v) is 4.84. The summed E-state index contributed by atoms with van der Waals surface area (Å²) in [5.74, 6) is 0.227. The molecule has 1 atom stereocenters. The number of carbonyl (C=O) groups excluding carboxylic acids is 1. The maximum Gasteiger partial charge on any atom is 0.227 e. The van der Waals surface area contributed by atoms with Crippen LogP contribution in [-0.4, -0.2) is 5.91 Å². The largest absolute Gasteiger partial charge is 0.325 e. The van der Waals surface area contributed by atoms with Gasteiger partial charge in [0, 0.05) is 15.7 Å². The van der Waals surface area contributed by atoms with Crippen LogP contribution in [0.1, 0.15) is 19.3 Å². The van der Waals surface area contributed by atoms with Crippen LogP contribution in [0.15, 0.2) is 76.5 Å². The predicted molar refractivity (Wildman–Crippen MR) is 92.1 cm³/mol. The molecular weight excluding hydrogens is 290 g/mol. The van der Waals surface area contributed by atoms with Crippen molar-refractivity contribution in [1.82, 2.24) is 0 Å². The Hall–Kier alpha value is -2.00. The number of allylic oxidation sites excluding steroid dienone is 2. The standard InChI is InChI=1S/C19H19NOS/c21-19(15-9-3-1-4-10-15)20-17-13-7-8-14-18(17)22-16-11-5-2-6-12-16/h1-3,5-8,11-15H,4,9-10H2,(H,20,21)/t15-/m0/s1. The van der Waals surface area contributed by atoms with Crippen LogP contribution in [0.2, 0.25) is 0 Å². The molecule has 1 N–H and O–H groups in total. The Bertz CT molecular complexity index is 666. The number of para-hydroxylation sites is 1. The van der Waals surface area contributed by atoms with E-state index in [1.54, 1.807) is 11.8 Å². The molecule has 0 unspecified atom stereocenters.